The molecule has 6 heteroatoms. The number of aromatic nitrogens is 2. The number of hydrogen-bond acceptors (Lipinski definition) is 5. The molecule has 0 unspecified atom stereocenters. The van der Waals surface area contributed by atoms with Crippen molar-refractivity contribution in [3.8, 4) is 6.07 Å². The zero-order chi connectivity index (χ0) is 13.4. The molecule has 0 saturated heterocycles. The number of nitriles is 1. The molecule has 1 heterocycles. The van der Waals surface area contributed by atoms with Gasteiger partial charge < -0.3 is 9.64 Å². The Morgan fingerprint density at radius 3 is 2.83 bits per heavy atom. The summed E-state index contributed by atoms with van der Waals surface area (Å²) in [5.41, 5.74) is 0. The van der Waals surface area contributed by atoms with Gasteiger partial charge in [-0.05, 0) is 0 Å². The van der Waals surface area contributed by atoms with Gasteiger partial charge >= 0.3 is 0 Å². The van der Waals surface area contributed by atoms with Crippen LogP contribution in [0.15, 0.2) is 6.07 Å². The molecule has 98 valence electrons. The molecule has 0 amide bonds. The fourth-order valence-electron chi connectivity index (χ4n) is 1.50. The second kappa shape index (κ2) is 7.85. The Morgan fingerprint density at radius 2 is 2.22 bits per heavy atom. The van der Waals surface area contributed by atoms with Crippen LogP contribution in [0.3, 0.4) is 0 Å². The summed E-state index contributed by atoms with van der Waals surface area (Å²) in [6, 6.07) is 3.84. The van der Waals surface area contributed by atoms with Crippen LogP contribution in [0.25, 0.3) is 0 Å². The molecule has 1 aromatic heterocycles. The number of aryl methyl sites for hydroxylation is 1. The second-order valence-corrected chi connectivity index (χ2v) is 4.09. The minimum atomic E-state index is 0.427. The monoisotopic (exact) mass is 268 g/mol. The lowest BCUT2D eigenvalue weighted by atomic mass is 10.3. The molecule has 0 aliphatic carbocycles. The van der Waals surface area contributed by atoms with Gasteiger partial charge in [0.25, 0.3) is 0 Å². The largest absolute Gasteiger partial charge is 0.383 e. The summed E-state index contributed by atoms with van der Waals surface area (Å²) in [6.07, 6.45) is 1.16. The predicted octanol–water partition coefficient (Wildman–Crippen LogP) is 2.06. The normalized spacial score (nSPS) is 10.1. The van der Waals surface area contributed by atoms with Gasteiger partial charge in [-0.1, -0.05) is 18.5 Å². The minimum Gasteiger partial charge on any atom is -0.383 e. The van der Waals surface area contributed by atoms with Crippen molar-refractivity contribution in [3.63, 3.8) is 0 Å². The molecule has 0 bridgehead atoms. The van der Waals surface area contributed by atoms with E-state index in [1.54, 1.807) is 13.2 Å². The molecule has 0 aliphatic rings. The van der Waals surface area contributed by atoms with E-state index in [1.165, 1.54) is 0 Å². The molecule has 1 aromatic rings. The third-order valence-corrected chi connectivity index (χ3v) is 2.62. The number of hydrogen-bond donors (Lipinski definition) is 0. The van der Waals surface area contributed by atoms with Gasteiger partial charge in [-0.2, -0.15) is 5.26 Å². The molecule has 0 fully saturated rings. The minimum absolute atomic E-state index is 0.427. The van der Waals surface area contributed by atoms with Crippen LogP contribution in [0.1, 0.15) is 19.2 Å². The van der Waals surface area contributed by atoms with Crippen LogP contribution < -0.4 is 4.90 Å². The number of nitrogens with zero attached hydrogens (tertiary/aromatic N) is 4. The van der Waals surface area contributed by atoms with Crippen molar-refractivity contribution in [2.24, 2.45) is 0 Å². The molecule has 18 heavy (non-hydrogen) atoms. The van der Waals surface area contributed by atoms with E-state index < -0.39 is 0 Å². The standard InChI is InChI=1S/C12H17ClN4O/c1-3-11-15-10(13)9-12(16-11)17(6-4-5-14)7-8-18-2/h9H,3-4,6-8H2,1-2H3. The Labute approximate surface area is 112 Å². The Hall–Kier alpha value is -1.38. The van der Waals surface area contributed by atoms with Crippen molar-refractivity contribution in [2.75, 3.05) is 31.7 Å². The summed E-state index contributed by atoms with van der Waals surface area (Å²) in [6.45, 7) is 3.84. The first-order chi connectivity index (χ1) is 8.71. The summed E-state index contributed by atoms with van der Waals surface area (Å²) in [4.78, 5) is 10.5. The smallest absolute Gasteiger partial charge is 0.134 e. The van der Waals surface area contributed by atoms with Gasteiger partial charge in [0.1, 0.15) is 16.8 Å². The van der Waals surface area contributed by atoms with Gasteiger partial charge in [-0.3, -0.25) is 0 Å². The van der Waals surface area contributed by atoms with E-state index in [0.29, 0.717) is 37.1 Å². The predicted molar refractivity (Wildman–Crippen MR) is 70.7 cm³/mol. The van der Waals surface area contributed by atoms with E-state index in [1.807, 2.05) is 11.8 Å². The molecular formula is C12H17ClN4O. The van der Waals surface area contributed by atoms with E-state index >= 15 is 0 Å². The highest BCUT2D eigenvalue weighted by molar-refractivity contribution is 6.29. The van der Waals surface area contributed by atoms with Crippen LogP contribution in [-0.2, 0) is 11.2 Å². The molecule has 0 aromatic carbocycles. The average Bonchev–Trinajstić information content (AvgIpc) is 2.38. The highest BCUT2D eigenvalue weighted by Gasteiger charge is 2.10. The fraction of sp³-hybridized carbons (Fsp3) is 0.583. The van der Waals surface area contributed by atoms with E-state index in [9.17, 15) is 0 Å². The maximum atomic E-state index is 8.68. The fourth-order valence-corrected chi connectivity index (χ4v) is 1.69. The van der Waals surface area contributed by atoms with Crippen molar-refractivity contribution in [1.29, 1.82) is 5.26 Å². The van der Waals surface area contributed by atoms with E-state index in [4.69, 9.17) is 21.6 Å². The quantitative estimate of drug-likeness (QED) is 0.709. The van der Waals surface area contributed by atoms with Crippen LogP contribution in [0.5, 0.6) is 0 Å². The Kier molecular flexibility index (Phi) is 6.40. The lowest BCUT2D eigenvalue weighted by molar-refractivity contribution is 0.205. The van der Waals surface area contributed by atoms with E-state index in [-0.39, 0.29) is 0 Å². The summed E-state index contributed by atoms with van der Waals surface area (Å²) in [7, 11) is 1.65. The lowest BCUT2D eigenvalue weighted by Crippen LogP contribution is -2.29. The van der Waals surface area contributed by atoms with Crippen molar-refractivity contribution >= 4 is 17.4 Å². The number of anilines is 1. The van der Waals surface area contributed by atoms with Crippen molar-refractivity contribution in [2.45, 2.75) is 19.8 Å². The van der Waals surface area contributed by atoms with Crippen molar-refractivity contribution < 1.29 is 4.74 Å². The summed E-state index contributed by atoms with van der Waals surface area (Å²) in [5.74, 6) is 1.45. The van der Waals surface area contributed by atoms with Gasteiger partial charge in [0.15, 0.2) is 0 Å². The first kappa shape index (κ1) is 14.7. The van der Waals surface area contributed by atoms with Crippen molar-refractivity contribution in [3.05, 3.63) is 17.0 Å². The Morgan fingerprint density at radius 1 is 1.44 bits per heavy atom. The van der Waals surface area contributed by atoms with Crippen LogP contribution in [0.2, 0.25) is 5.15 Å². The maximum absolute atomic E-state index is 8.68. The highest BCUT2D eigenvalue weighted by atomic mass is 35.5. The molecule has 1 rings (SSSR count). The number of methoxy groups -OCH3 is 1. The molecule has 0 atom stereocenters. The topological polar surface area (TPSA) is 62.0 Å². The summed E-state index contributed by atoms with van der Waals surface area (Å²) >= 11 is 5.97. The van der Waals surface area contributed by atoms with E-state index in [2.05, 4.69) is 16.0 Å². The van der Waals surface area contributed by atoms with Gasteiger partial charge in [-0.15, -0.1) is 0 Å². The molecular weight excluding hydrogens is 252 g/mol. The van der Waals surface area contributed by atoms with Crippen LogP contribution in [0.4, 0.5) is 5.82 Å². The molecule has 0 aliphatic heterocycles. The molecule has 5 nitrogen and oxygen atoms in total. The second-order valence-electron chi connectivity index (χ2n) is 3.71. The maximum Gasteiger partial charge on any atom is 0.134 e. The third-order valence-electron chi connectivity index (χ3n) is 2.43. The number of halogens is 1. The number of ether oxygens (including phenoxy) is 1. The molecule has 0 N–H and O–H groups in total. The van der Waals surface area contributed by atoms with Crippen LogP contribution in [-0.4, -0.2) is 36.8 Å². The van der Waals surface area contributed by atoms with E-state index in [0.717, 1.165) is 12.2 Å². The lowest BCUT2D eigenvalue weighted by Gasteiger charge is -2.22. The zero-order valence-electron chi connectivity index (χ0n) is 10.7. The van der Waals surface area contributed by atoms with Crippen molar-refractivity contribution in [1.82, 2.24) is 9.97 Å². The SMILES string of the molecule is CCc1nc(Cl)cc(N(CCC#N)CCOC)n1. The Bertz CT molecular complexity index is 419. The van der Waals surface area contributed by atoms with Gasteiger partial charge in [-0.25, -0.2) is 9.97 Å². The summed E-state index contributed by atoms with van der Waals surface area (Å²) < 4.78 is 5.06. The third kappa shape index (κ3) is 4.47. The number of rotatable bonds is 7. The highest BCUT2D eigenvalue weighted by Crippen LogP contribution is 2.16. The molecule has 0 radical (unpaired) electrons. The first-order valence-corrected chi connectivity index (χ1v) is 6.23. The molecule has 0 spiro atoms. The molecule has 0 saturated carbocycles. The zero-order valence-corrected chi connectivity index (χ0v) is 11.4. The average molecular weight is 269 g/mol. The Balaban J connectivity index is 2.88. The van der Waals surface area contributed by atoms with Gasteiger partial charge in [0, 0.05) is 32.7 Å². The summed E-state index contributed by atoms with van der Waals surface area (Å²) in [5, 5.41) is 9.10. The first-order valence-electron chi connectivity index (χ1n) is 5.85. The van der Waals surface area contributed by atoms with Crippen LogP contribution >= 0.6 is 11.6 Å². The van der Waals surface area contributed by atoms with Gasteiger partial charge in [0.2, 0.25) is 0 Å². The van der Waals surface area contributed by atoms with Crippen LogP contribution in [0, 0.1) is 11.3 Å². The van der Waals surface area contributed by atoms with Gasteiger partial charge in [0.05, 0.1) is 19.1 Å².